The molecule has 2 heterocycles. The van der Waals surface area contributed by atoms with Gasteiger partial charge in [-0.2, -0.15) is 0 Å². The third-order valence-electron chi connectivity index (χ3n) is 2.58. The molecule has 0 aliphatic heterocycles. The normalized spacial score (nSPS) is 11.3. The zero-order chi connectivity index (χ0) is 14.6. The van der Waals surface area contributed by atoms with Gasteiger partial charge in [-0.05, 0) is 13.0 Å². The monoisotopic (exact) mass is 293 g/mol. The van der Waals surface area contributed by atoms with Crippen molar-refractivity contribution in [2.24, 2.45) is 0 Å². The van der Waals surface area contributed by atoms with Gasteiger partial charge in [-0.25, -0.2) is 18.1 Å². The zero-order valence-electron chi connectivity index (χ0n) is 11.2. The molecule has 106 valence electrons. The predicted molar refractivity (Wildman–Crippen MR) is 74.6 cm³/mol. The number of nitrogens with one attached hydrogen (secondary N) is 2. The number of aryl methyl sites for hydroxylation is 1. The Hall–Kier alpha value is -2.06. The lowest BCUT2D eigenvalue weighted by atomic mass is 10.4. The number of hydrogen-bond acceptors (Lipinski definition) is 6. The van der Waals surface area contributed by atoms with Crippen LogP contribution in [0.3, 0.4) is 0 Å². The second kappa shape index (κ2) is 5.93. The predicted octanol–water partition coefficient (Wildman–Crippen LogP) is 0.700. The van der Waals surface area contributed by atoms with Crippen LogP contribution in [0, 0.1) is 6.92 Å². The molecule has 0 fully saturated rings. The van der Waals surface area contributed by atoms with Crippen molar-refractivity contribution < 1.29 is 8.42 Å². The molecule has 2 rings (SSSR count). The Kier molecular flexibility index (Phi) is 4.26. The highest BCUT2D eigenvalue weighted by Crippen LogP contribution is 2.12. The van der Waals surface area contributed by atoms with E-state index in [2.05, 4.69) is 25.0 Å². The highest BCUT2D eigenvalue weighted by molar-refractivity contribution is 7.89. The van der Waals surface area contributed by atoms with E-state index in [1.165, 1.54) is 18.3 Å². The van der Waals surface area contributed by atoms with Crippen LogP contribution in [-0.2, 0) is 16.6 Å². The van der Waals surface area contributed by atoms with E-state index in [9.17, 15) is 8.42 Å². The fourth-order valence-corrected chi connectivity index (χ4v) is 2.49. The molecule has 0 spiro atoms. The lowest BCUT2D eigenvalue weighted by Gasteiger charge is -2.07. The lowest BCUT2D eigenvalue weighted by Crippen LogP contribution is -2.24. The average Bonchev–Trinajstić information content (AvgIpc) is 2.47. The minimum absolute atomic E-state index is 0.0901. The van der Waals surface area contributed by atoms with E-state index in [0.717, 1.165) is 5.69 Å². The maximum atomic E-state index is 12.1. The summed E-state index contributed by atoms with van der Waals surface area (Å²) in [6, 6.07) is 2.90. The number of aromatic nitrogens is 3. The highest BCUT2D eigenvalue weighted by Gasteiger charge is 2.14. The van der Waals surface area contributed by atoms with E-state index in [-0.39, 0.29) is 11.4 Å². The lowest BCUT2D eigenvalue weighted by molar-refractivity contribution is 0.580. The first-order chi connectivity index (χ1) is 9.51. The van der Waals surface area contributed by atoms with Crippen molar-refractivity contribution in [3.05, 3.63) is 42.1 Å². The van der Waals surface area contributed by atoms with Gasteiger partial charge in [-0.3, -0.25) is 9.97 Å². The van der Waals surface area contributed by atoms with Gasteiger partial charge in [0.1, 0.15) is 5.82 Å². The van der Waals surface area contributed by atoms with Crippen LogP contribution >= 0.6 is 0 Å². The number of sulfonamides is 1. The molecule has 0 saturated heterocycles. The van der Waals surface area contributed by atoms with Crippen molar-refractivity contribution in [2.75, 3.05) is 12.4 Å². The Morgan fingerprint density at radius 3 is 2.65 bits per heavy atom. The van der Waals surface area contributed by atoms with E-state index in [0.29, 0.717) is 11.5 Å². The molecule has 0 amide bonds. The fraction of sp³-hybridized carbons (Fsp3) is 0.250. The third-order valence-corrected chi connectivity index (χ3v) is 3.97. The topological polar surface area (TPSA) is 96.9 Å². The summed E-state index contributed by atoms with van der Waals surface area (Å²) >= 11 is 0. The summed E-state index contributed by atoms with van der Waals surface area (Å²) in [6.45, 7) is 1.91. The Labute approximate surface area is 117 Å². The van der Waals surface area contributed by atoms with Gasteiger partial charge < -0.3 is 5.32 Å². The molecule has 2 aromatic rings. The first-order valence-electron chi connectivity index (χ1n) is 5.92. The van der Waals surface area contributed by atoms with Crippen molar-refractivity contribution >= 4 is 15.8 Å². The zero-order valence-corrected chi connectivity index (χ0v) is 12.0. The maximum absolute atomic E-state index is 12.1. The SMILES string of the molecule is CNc1cc(S(=O)(=O)NCc2cnc(C)cn2)ccn1. The second-order valence-corrected chi connectivity index (χ2v) is 5.87. The molecule has 8 heteroatoms. The molecule has 0 aromatic carbocycles. The van der Waals surface area contributed by atoms with Gasteiger partial charge in [0.25, 0.3) is 0 Å². The number of hydrogen-bond donors (Lipinski definition) is 2. The van der Waals surface area contributed by atoms with Gasteiger partial charge in [-0.15, -0.1) is 0 Å². The molecule has 0 aliphatic rings. The van der Waals surface area contributed by atoms with Crippen LogP contribution in [-0.4, -0.2) is 30.4 Å². The first-order valence-corrected chi connectivity index (χ1v) is 7.40. The summed E-state index contributed by atoms with van der Waals surface area (Å²) in [5.74, 6) is 0.489. The van der Waals surface area contributed by atoms with Gasteiger partial charge in [0.15, 0.2) is 0 Å². The fourth-order valence-electron chi connectivity index (χ4n) is 1.48. The average molecular weight is 293 g/mol. The van der Waals surface area contributed by atoms with Crippen LogP contribution in [0.1, 0.15) is 11.4 Å². The van der Waals surface area contributed by atoms with E-state index in [1.807, 2.05) is 6.92 Å². The summed E-state index contributed by atoms with van der Waals surface area (Å²) in [4.78, 5) is 12.3. The summed E-state index contributed by atoms with van der Waals surface area (Å²) in [5, 5.41) is 2.79. The minimum atomic E-state index is -3.60. The molecule has 7 nitrogen and oxygen atoms in total. The third kappa shape index (κ3) is 3.49. The van der Waals surface area contributed by atoms with Crippen molar-refractivity contribution in [1.82, 2.24) is 19.7 Å². The van der Waals surface area contributed by atoms with Gasteiger partial charge in [0, 0.05) is 25.5 Å². The molecule has 0 bridgehead atoms. The van der Waals surface area contributed by atoms with Crippen LogP contribution in [0.5, 0.6) is 0 Å². The molecule has 0 aliphatic carbocycles. The van der Waals surface area contributed by atoms with Gasteiger partial charge in [-0.1, -0.05) is 0 Å². The van der Waals surface area contributed by atoms with Crippen LogP contribution in [0.25, 0.3) is 0 Å². The van der Waals surface area contributed by atoms with Crippen LogP contribution in [0.15, 0.2) is 35.6 Å². The van der Waals surface area contributed by atoms with Gasteiger partial charge in [0.2, 0.25) is 10.0 Å². The van der Waals surface area contributed by atoms with Crippen LogP contribution < -0.4 is 10.0 Å². The van der Waals surface area contributed by atoms with Crippen LogP contribution in [0.4, 0.5) is 5.82 Å². The van der Waals surface area contributed by atoms with Crippen molar-refractivity contribution in [1.29, 1.82) is 0 Å². The minimum Gasteiger partial charge on any atom is -0.373 e. The standard InChI is InChI=1S/C12H15N5O2S/c1-9-6-16-10(7-15-9)8-17-20(18,19)11-3-4-14-12(5-11)13-2/h3-7,17H,8H2,1-2H3,(H,13,14). The summed E-state index contributed by atoms with van der Waals surface area (Å²) < 4.78 is 26.7. The van der Waals surface area contributed by atoms with E-state index in [4.69, 9.17) is 0 Å². The van der Waals surface area contributed by atoms with Crippen molar-refractivity contribution in [3.63, 3.8) is 0 Å². The van der Waals surface area contributed by atoms with E-state index in [1.54, 1.807) is 19.4 Å². The molecule has 2 N–H and O–H groups in total. The van der Waals surface area contributed by atoms with Crippen LogP contribution in [0.2, 0.25) is 0 Å². The molecule has 0 unspecified atom stereocenters. The summed E-state index contributed by atoms with van der Waals surface area (Å²) in [7, 11) is -1.92. The smallest absolute Gasteiger partial charge is 0.241 e. The Bertz CT molecular complexity index is 685. The van der Waals surface area contributed by atoms with Crippen molar-refractivity contribution in [3.8, 4) is 0 Å². The maximum Gasteiger partial charge on any atom is 0.241 e. The molecule has 0 atom stereocenters. The first kappa shape index (κ1) is 14.4. The molecule has 0 saturated carbocycles. The Morgan fingerprint density at radius 2 is 2.00 bits per heavy atom. The molecular weight excluding hydrogens is 278 g/mol. The molecular formula is C12H15N5O2S. The van der Waals surface area contributed by atoms with Gasteiger partial charge >= 0.3 is 0 Å². The van der Waals surface area contributed by atoms with E-state index < -0.39 is 10.0 Å². The molecule has 0 radical (unpaired) electrons. The largest absolute Gasteiger partial charge is 0.373 e. The summed E-state index contributed by atoms with van der Waals surface area (Å²) in [6.07, 6.45) is 4.57. The van der Waals surface area contributed by atoms with E-state index >= 15 is 0 Å². The second-order valence-electron chi connectivity index (χ2n) is 4.10. The van der Waals surface area contributed by atoms with Crippen molar-refractivity contribution in [2.45, 2.75) is 18.4 Å². The molecule has 20 heavy (non-hydrogen) atoms. The quantitative estimate of drug-likeness (QED) is 0.842. The number of anilines is 1. The highest BCUT2D eigenvalue weighted by atomic mass is 32.2. The number of nitrogens with zero attached hydrogens (tertiary/aromatic N) is 3. The number of rotatable bonds is 5. The Morgan fingerprint density at radius 1 is 1.20 bits per heavy atom. The summed E-state index contributed by atoms with van der Waals surface area (Å²) in [5.41, 5.74) is 1.34. The molecule has 2 aromatic heterocycles. The van der Waals surface area contributed by atoms with Gasteiger partial charge in [0.05, 0.1) is 29.0 Å². The Balaban J connectivity index is 2.12. The number of pyridine rings is 1.